The standard InChI is InChI=1S/C25H27N5O2/c1-16(30-13-5-12-26-25(30)32)24-28-20-10-8-17(15-22(20)29-24)14-19-9-11-21(27-19)23(31)18-6-3-2-4-7-18/h2-8,10,12-13,15-16,19,21,23,27,31H,9,11,14H2,1H3,(H,28,29)/t16-,19-,21+,23?/m0/s1. The van der Waals surface area contributed by atoms with Crippen LogP contribution in [-0.2, 0) is 6.42 Å². The Labute approximate surface area is 186 Å². The van der Waals surface area contributed by atoms with Crippen LogP contribution in [0.4, 0.5) is 0 Å². The molecule has 3 N–H and O–H groups in total. The van der Waals surface area contributed by atoms with Crippen molar-refractivity contribution in [1.29, 1.82) is 0 Å². The Hall–Kier alpha value is -3.29. The van der Waals surface area contributed by atoms with E-state index in [9.17, 15) is 9.90 Å². The Morgan fingerprint density at radius 1 is 1.16 bits per heavy atom. The molecule has 4 aromatic rings. The lowest BCUT2D eigenvalue weighted by atomic mass is 10.0. The molecule has 7 nitrogen and oxygen atoms in total. The lowest BCUT2D eigenvalue weighted by Crippen LogP contribution is -2.35. The third-order valence-corrected chi connectivity index (χ3v) is 6.40. The molecule has 0 radical (unpaired) electrons. The molecule has 7 heteroatoms. The van der Waals surface area contributed by atoms with Crippen LogP contribution in [-0.4, -0.2) is 36.7 Å². The third-order valence-electron chi connectivity index (χ3n) is 6.40. The smallest absolute Gasteiger partial charge is 0.348 e. The zero-order valence-electron chi connectivity index (χ0n) is 18.0. The summed E-state index contributed by atoms with van der Waals surface area (Å²) in [5, 5.41) is 14.3. The van der Waals surface area contributed by atoms with E-state index in [1.54, 1.807) is 16.8 Å². The van der Waals surface area contributed by atoms with E-state index < -0.39 is 6.10 Å². The summed E-state index contributed by atoms with van der Waals surface area (Å²) in [4.78, 5) is 23.9. The molecule has 5 rings (SSSR count). The van der Waals surface area contributed by atoms with Crippen LogP contribution in [0.5, 0.6) is 0 Å². The fraction of sp³-hybridized carbons (Fsp3) is 0.320. The first kappa shape index (κ1) is 20.6. The number of nitrogens with one attached hydrogen (secondary N) is 2. The average molecular weight is 430 g/mol. The van der Waals surface area contributed by atoms with Gasteiger partial charge in [0.25, 0.3) is 0 Å². The summed E-state index contributed by atoms with van der Waals surface area (Å²) in [6, 6.07) is 18.0. The maximum absolute atomic E-state index is 12.0. The van der Waals surface area contributed by atoms with Crippen molar-refractivity contribution in [2.45, 2.75) is 50.4 Å². The van der Waals surface area contributed by atoms with Crippen molar-refractivity contribution in [3.63, 3.8) is 0 Å². The summed E-state index contributed by atoms with van der Waals surface area (Å²) >= 11 is 0. The molecule has 1 fully saturated rings. The zero-order valence-corrected chi connectivity index (χ0v) is 18.0. The molecule has 1 unspecified atom stereocenters. The fourth-order valence-corrected chi connectivity index (χ4v) is 4.62. The van der Waals surface area contributed by atoms with Crippen LogP contribution in [0, 0.1) is 0 Å². The number of benzene rings is 2. The van der Waals surface area contributed by atoms with Crippen LogP contribution >= 0.6 is 0 Å². The molecule has 1 aliphatic rings. The number of fused-ring (bicyclic) bond motifs is 1. The number of H-pyrrole nitrogens is 1. The Morgan fingerprint density at radius 2 is 2.00 bits per heavy atom. The predicted octanol–water partition coefficient (Wildman–Crippen LogP) is 3.13. The van der Waals surface area contributed by atoms with Gasteiger partial charge >= 0.3 is 5.69 Å². The van der Waals surface area contributed by atoms with Gasteiger partial charge in [0, 0.05) is 24.5 Å². The monoisotopic (exact) mass is 429 g/mol. The number of nitrogens with zero attached hydrogens (tertiary/aromatic N) is 3. The molecule has 2 aromatic carbocycles. The molecule has 0 bridgehead atoms. The highest BCUT2D eigenvalue weighted by atomic mass is 16.3. The number of aromatic amines is 1. The molecule has 32 heavy (non-hydrogen) atoms. The molecule has 2 aromatic heterocycles. The van der Waals surface area contributed by atoms with Crippen molar-refractivity contribution in [3.05, 3.63) is 94.4 Å². The summed E-state index contributed by atoms with van der Waals surface area (Å²) in [5.74, 6) is 0.734. The maximum Gasteiger partial charge on any atom is 0.348 e. The fourth-order valence-electron chi connectivity index (χ4n) is 4.62. The van der Waals surface area contributed by atoms with Crippen molar-refractivity contribution in [1.82, 2.24) is 24.8 Å². The van der Waals surface area contributed by atoms with Crippen LogP contribution in [0.2, 0.25) is 0 Å². The van der Waals surface area contributed by atoms with E-state index in [1.165, 1.54) is 11.8 Å². The topological polar surface area (TPSA) is 95.8 Å². The third kappa shape index (κ3) is 4.09. The molecular formula is C25H27N5O2. The summed E-state index contributed by atoms with van der Waals surface area (Å²) in [7, 11) is 0. The van der Waals surface area contributed by atoms with E-state index in [0.717, 1.165) is 41.7 Å². The summed E-state index contributed by atoms with van der Waals surface area (Å²) in [6.45, 7) is 1.93. The molecule has 1 aliphatic heterocycles. The average Bonchev–Trinajstić information content (AvgIpc) is 3.46. The molecule has 0 aliphatic carbocycles. The Bertz CT molecular complexity index is 1270. The molecular weight excluding hydrogens is 402 g/mol. The molecule has 164 valence electrons. The van der Waals surface area contributed by atoms with E-state index >= 15 is 0 Å². The quantitative estimate of drug-likeness (QED) is 0.438. The van der Waals surface area contributed by atoms with Crippen molar-refractivity contribution in [2.75, 3.05) is 0 Å². The highest BCUT2D eigenvalue weighted by molar-refractivity contribution is 5.76. The largest absolute Gasteiger partial charge is 0.387 e. The van der Waals surface area contributed by atoms with E-state index in [0.29, 0.717) is 6.04 Å². The van der Waals surface area contributed by atoms with Gasteiger partial charge in [-0.15, -0.1) is 0 Å². The number of imidazole rings is 1. The molecule has 0 amide bonds. The van der Waals surface area contributed by atoms with Crippen molar-refractivity contribution >= 4 is 11.0 Å². The van der Waals surface area contributed by atoms with Crippen molar-refractivity contribution < 1.29 is 5.11 Å². The number of aliphatic hydroxyl groups is 1. The minimum atomic E-state index is -0.490. The SMILES string of the molecule is C[C@@H](c1nc2ccc(C[C@@H]3CC[C@H](C(O)c4ccccc4)N3)cc2[nH]1)n1cccnc1=O. The van der Waals surface area contributed by atoms with Crippen LogP contribution in [0.15, 0.2) is 71.8 Å². The zero-order chi connectivity index (χ0) is 22.1. The van der Waals surface area contributed by atoms with Gasteiger partial charge in [-0.1, -0.05) is 36.4 Å². The predicted molar refractivity (Wildman–Crippen MR) is 123 cm³/mol. The Morgan fingerprint density at radius 3 is 2.81 bits per heavy atom. The van der Waals surface area contributed by atoms with E-state index in [1.807, 2.05) is 43.3 Å². The highest BCUT2D eigenvalue weighted by Crippen LogP contribution is 2.27. The molecule has 4 atom stereocenters. The second-order valence-corrected chi connectivity index (χ2v) is 8.57. The van der Waals surface area contributed by atoms with Gasteiger partial charge in [0.05, 0.1) is 23.2 Å². The Balaban J connectivity index is 1.29. The second-order valence-electron chi connectivity index (χ2n) is 8.57. The van der Waals surface area contributed by atoms with E-state index in [-0.39, 0.29) is 17.8 Å². The van der Waals surface area contributed by atoms with E-state index in [2.05, 4.69) is 32.4 Å². The molecule has 0 spiro atoms. The van der Waals surface area contributed by atoms with Crippen LogP contribution in [0.1, 0.15) is 48.9 Å². The lowest BCUT2D eigenvalue weighted by molar-refractivity contribution is 0.135. The first-order chi connectivity index (χ1) is 15.6. The summed E-state index contributed by atoms with van der Waals surface area (Å²) < 4.78 is 1.57. The first-order valence-corrected chi connectivity index (χ1v) is 11.1. The van der Waals surface area contributed by atoms with Gasteiger partial charge < -0.3 is 15.4 Å². The number of hydrogen-bond donors (Lipinski definition) is 3. The van der Waals surface area contributed by atoms with Gasteiger partial charge in [-0.25, -0.2) is 14.8 Å². The number of aliphatic hydroxyl groups excluding tert-OH is 1. The molecule has 3 heterocycles. The number of rotatable bonds is 6. The first-order valence-electron chi connectivity index (χ1n) is 11.1. The second kappa shape index (κ2) is 8.68. The van der Waals surface area contributed by atoms with E-state index in [4.69, 9.17) is 0 Å². The minimum Gasteiger partial charge on any atom is -0.387 e. The summed E-state index contributed by atoms with van der Waals surface area (Å²) in [6.07, 6.45) is 5.61. The van der Waals surface area contributed by atoms with Gasteiger partial charge in [-0.2, -0.15) is 0 Å². The van der Waals surface area contributed by atoms with Gasteiger partial charge in [0.2, 0.25) is 0 Å². The van der Waals surface area contributed by atoms with Crippen LogP contribution < -0.4 is 11.0 Å². The van der Waals surface area contributed by atoms with Crippen LogP contribution in [0.3, 0.4) is 0 Å². The lowest BCUT2D eigenvalue weighted by Gasteiger charge is -2.20. The number of hydrogen-bond acceptors (Lipinski definition) is 5. The van der Waals surface area contributed by atoms with Crippen molar-refractivity contribution in [3.8, 4) is 0 Å². The maximum atomic E-state index is 12.0. The Kier molecular flexibility index (Phi) is 5.59. The minimum absolute atomic E-state index is 0.0727. The normalized spacial score (nSPS) is 20.4. The number of aromatic nitrogens is 4. The molecule has 0 saturated carbocycles. The van der Waals surface area contributed by atoms with Gasteiger partial charge in [-0.3, -0.25) is 4.57 Å². The summed E-state index contributed by atoms with van der Waals surface area (Å²) in [5.41, 5.74) is 3.72. The molecule has 1 saturated heterocycles. The van der Waals surface area contributed by atoms with Crippen LogP contribution in [0.25, 0.3) is 11.0 Å². The van der Waals surface area contributed by atoms with Gasteiger partial charge in [0.15, 0.2) is 0 Å². The van der Waals surface area contributed by atoms with Gasteiger partial charge in [-0.05, 0) is 55.5 Å². The van der Waals surface area contributed by atoms with Crippen molar-refractivity contribution in [2.24, 2.45) is 0 Å². The van der Waals surface area contributed by atoms with Gasteiger partial charge in [0.1, 0.15) is 5.82 Å². The highest BCUT2D eigenvalue weighted by Gasteiger charge is 2.30.